The molecule has 2 rings (SSSR count). The van der Waals surface area contributed by atoms with Gasteiger partial charge in [0.05, 0.1) is 12.6 Å². The minimum atomic E-state index is -0.0740. The molecular formula is C17H21NOS. The van der Waals surface area contributed by atoms with Crippen molar-refractivity contribution in [2.45, 2.75) is 17.4 Å². The van der Waals surface area contributed by atoms with E-state index in [2.05, 4.69) is 48.7 Å². The summed E-state index contributed by atoms with van der Waals surface area (Å²) in [7, 11) is 1.73. The molecule has 0 aromatic heterocycles. The quantitative estimate of drug-likeness (QED) is 0.824. The van der Waals surface area contributed by atoms with Gasteiger partial charge in [-0.1, -0.05) is 42.5 Å². The van der Waals surface area contributed by atoms with Crippen molar-refractivity contribution >= 4 is 11.8 Å². The Bertz CT molecular complexity index is 539. The largest absolute Gasteiger partial charge is 0.384 e. The second-order valence-corrected chi connectivity index (χ2v) is 5.55. The first-order chi connectivity index (χ1) is 9.76. The number of benzene rings is 2. The summed E-state index contributed by atoms with van der Waals surface area (Å²) in [4.78, 5) is 1.24. The van der Waals surface area contributed by atoms with Gasteiger partial charge in [0.15, 0.2) is 0 Å². The fraction of sp³-hybridized carbons (Fsp3) is 0.294. The minimum absolute atomic E-state index is 0.0740. The van der Waals surface area contributed by atoms with Crippen LogP contribution in [0.15, 0.2) is 53.4 Å². The highest BCUT2D eigenvalue weighted by molar-refractivity contribution is 7.98. The van der Waals surface area contributed by atoms with Crippen LogP contribution in [0.25, 0.3) is 0 Å². The summed E-state index contributed by atoms with van der Waals surface area (Å²) in [6, 6.07) is 16.8. The lowest BCUT2D eigenvalue weighted by molar-refractivity contribution is 0.202. The van der Waals surface area contributed by atoms with E-state index >= 15 is 0 Å². The first kappa shape index (κ1) is 15.1. The topological polar surface area (TPSA) is 35.2 Å². The lowest BCUT2D eigenvalue weighted by Crippen LogP contribution is -2.12. The maximum absolute atomic E-state index is 6.40. The molecule has 0 radical (unpaired) electrons. The van der Waals surface area contributed by atoms with Crippen LogP contribution < -0.4 is 5.73 Å². The standard InChI is InChI=1S/C17H21NOS/c1-19-12-11-13-7-9-14(10-8-13)17(18)15-5-3-4-6-16(15)20-2/h3-10,17H,11-12,18H2,1-2H3. The third-order valence-corrected chi connectivity index (χ3v) is 4.22. The Morgan fingerprint density at radius 2 is 1.80 bits per heavy atom. The summed E-state index contributed by atoms with van der Waals surface area (Å²) in [5.74, 6) is 0. The summed E-state index contributed by atoms with van der Waals surface area (Å²) in [6.45, 7) is 0.751. The Morgan fingerprint density at radius 3 is 2.45 bits per heavy atom. The van der Waals surface area contributed by atoms with Crippen molar-refractivity contribution in [1.29, 1.82) is 0 Å². The molecule has 2 nitrogen and oxygen atoms in total. The van der Waals surface area contributed by atoms with E-state index in [-0.39, 0.29) is 6.04 Å². The minimum Gasteiger partial charge on any atom is -0.384 e. The molecule has 3 heteroatoms. The third-order valence-electron chi connectivity index (χ3n) is 3.41. The summed E-state index contributed by atoms with van der Waals surface area (Å²) in [6.07, 6.45) is 3.02. The molecule has 2 N–H and O–H groups in total. The van der Waals surface area contributed by atoms with Crippen LogP contribution in [-0.2, 0) is 11.2 Å². The highest BCUT2D eigenvalue weighted by atomic mass is 32.2. The van der Waals surface area contributed by atoms with Crippen molar-refractivity contribution < 1.29 is 4.74 Å². The van der Waals surface area contributed by atoms with Crippen molar-refractivity contribution in [3.05, 3.63) is 65.2 Å². The third kappa shape index (κ3) is 3.63. The van der Waals surface area contributed by atoms with Gasteiger partial charge in [-0.15, -0.1) is 11.8 Å². The number of hydrogen-bond donors (Lipinski definition) is 1. The van der Waals surface area contributed by atoms with Gasteiger partial charge in [0.25, 0.3) is 0 Å². The predicted octanol–water partition coefficient (Wildman–Crippen LogP) is 3.65. The molecule has 0 amide bonds. The van der Waals surface area contributed by atoms with Crippen LogP contribution in [-0.4, -0.2) is 20.0 Å². The van der Waals surface area contributed by atoms with Gasteiger partial charge < -0.3 is 10.5 Å². The molecule has 0 fully saturated rings. The van der Waals surface area contributed by atoms with Gasteiger partial charge in [-0.3, -0.25) is 0 Å². The van der Waals surface area contributed by atoms with E-state index in [4.69, 9.17) is 10.5 Å². The molecule has 0 saturated carbocycles. The molecule has 2 aromatic rings. The Kier molecular flexibility index (Phi) is 5.65. The van der Waals surface area contributed by atoms with E-state index in [1.807, 2.05) is 6.07 Å². The van der Waals surface area contributed by atoms with Gasteiger partial charge in [0.2, 0.25) is 0 Å². The average Bonchev–Trinajstić information content (AvgIpc) is 2.52. The predicted molar refractivity (Wildman–Crippen MR) is 86.3 cm³/mol. The van der Waals surface area contributed by atoms with E-state index in [1.54, 1.807) is 18.9 Å². The molecule has 0 bridgehead atoms. The van der Waals surface area contributed by atoms with E-state index in [0.717, 1.165) is 18.6 Å². The van der Waals surface area contributed by atoms with Crippen LogP contribution in [0, 0.1) is 0 Å². The molecule has 20 heavy (non-hydrogen) atoms. The number of ether oxygens (including phenoxy) is 1. The van der Waals surface area contributed by atoms with Crippen molar-refractivity contribution in [1.82, 2.24) is 0 Å². The normalized spacial score (nSPS) is 12.3. The molecule has 0 aliphatic rings. The maximum Gasteiger partial charge on any atom is 0.0562 e. The molecule has 1 unspecified atom stereocenters. The lowest BCUT2D eigenvalue weighted by Gasteiger charge is -2.16. The fourth-order valence-electron chi connectivity index (χ4n) is 2.21. The molecule has 106 valence electrons. The van der Waals surface area contributed by atoms with Gasteiger partial charge in [0.1, 0.15) is 0 Å². The molecule has 1 atom stereocenters. The van der Waals surface area contributed by atoms with Crippen molar-refractivity contribution in [2.75, 3.05) is 20.0 Å². The SMILES string of the molecule is COCCc1ccc(C(N)c2ccccc2SC)cc1. The van der Waals surface area contributed by atoms with Crippen LogP contribution >= 0.6 is 11.8 Å². The molecule has 0 aliphatic heterocycles. The van der Waals surface area contributed by atoms with E-state index in [0.29, 0.717) is 0 Å². The zero-order chi connectivity index (χ0) is 14.4. The number of rotatable bonds is 6. The van der Waals surface area contributed by atoms with Gasteiger partial charge in [-0.05, 0) is 35.4 Å². The van der Waals surface area contributed by atoms with Crippen molar-refractivity contribution in [3.63, 3.8) is 0 Å². The Morgan fingerprint density at radius 1 is 1.10 bits per heavy atom. The summed E-state index contributed by atoms with van der Waals surface area (Å²) >= 11 is 1.74. The van der Waals surface area contributed by atoms with Crippen LogP contribution in [0.4, 0.5) is 0 Å². The lowest BCUT2D eigenvalue weighted by atomic mass is 9.98. The molecular weight excluding hydrogens is 266 g/mol. The number of methoxy groups -OCH3 is 1. The van der Waals surface area contributed by atoms with Crippen molar-refractivity contribution in [3.8, 4) is 0 Å². The molecule has 0 saturated heterocycles. The second-order valence-electron chi connectivity index (χ2n) is 4.70. The van der Waals surface area contributed by atoms with Gasteiger partial charge in [-0.25, -0.2) is 0 Å². The highest BCUT2D eigenvalue weighted by Gasteiger charge is 2.12. The maximum atomic E-state index is 6.40. The molecule has 0 aliphatic carbocycles. The zero-order valence-corrected chi connectivity index (χ0v) is 12.8. The molecule has 2 aromatic carbocycles. The second kappa shape index (κ2) is 7.48. The zero-order valence-electron chi connectivity index (χ0n) is 12.0. The van der Waals surface area contributed by atoms with Gasteiger partial charge in [0, 0.05) is 12.0 Å². The first-order valence-corrected chi connectivity index (χ1v) is 7.95. The first-order valence-electron chi connectivity index (χ1n) is 6.72. The summed E-state index contributed by atoms with van der Waals surface area (Å²) < 4.78 is 5.10. The number of nitrogens with two attached hydrogens (primary N) is 1. The fourth-order valence-corrected chi connectivity index (χ4v) is 2.86. The van der Waals surface area contributed by atoms with Crippen LogP contribution in [0.3, 0.4) is 0 Å². The Balaban J connectivity index is 2.18. The summed E-state index contributed by atoms with van der Waals surface area (Å²) in [5.41, 5.74) is 10.0. The van der Waals surface area contributed by atoms with Crippen LogP contribution in [0.5, 0.6) is 0 Å². The van der Waals surface area contributed by atoms with Gasteiger partial charge >= 0.3 is 0 Å². The van der Waals surface area contributed by atoms with E-state index < -0.39 is 0 Å². The monoisotopic (exact) mass is 287 g/mol. The van der Waals surface area contributed by atoms with Gasteiger partial charge in [-0.2, -0.15) is 0 Å². The van der Waals surface area contributed by atoms with E-state index in [1.165, 1.54) is 16.0 Å². The average molecular weight is 287 g/mol. The van der Waals surface area contributed by atoms with Crippen molar-refractivity contribution in [2.24, 2.45) is 5.73 Å². The highest BCUT2D eigenvalue weighted by Crippen LogP contribution is 2.28. The molecule has 0 heterocycles. The van der Waals surface area contributed by atoms with E-state index in [9.17, 15) is 0 Å². The number of hydrogen-bond acceptors (Lipinski definition) is 3. The Labute approximate surface area is 125 Å². The Hall–Kier alpha value is -1.29. The van der Waals surface area contributed by atoms with Crippen LogP contribution in [0.1, 0.15) is 22.7 Å². The van der Waals surface area contributed by atoms with Crippen LogP contribution in [0.2, 0.25) is 0 Å². The summed E-state index contributed by atoms with van der Waals surface area (Å²) in [5, 5.41) is 0. The smallest absolute Gasteiger partial charge is 0.0562 e. The molecule has 0 spiro atoms. The number of thioether (sulfide) groups is 1.